The van der Waals surface area contributed by atoms with Crippen molar-refractivity contribution < 1.29 is 22.3 Å². The van der Waals surface area contributed by atoms with Gasteiger partial charge in [-0.25, -0.2) is 12.8 Å². The van der Waals surface area contributed by atoms with E-state index in [0.717, 1.165) is 51.0 Å². The number of para-hydroxylation sites is 1. The van der Waals surface area contributed by atoms with Gasteiger partial charge in [0.1, 0.15) is 6.61 Å². The number of nitrogens with zero attached hydrogens (tertiary/aromatic N) is 3. The summed E-state index contributed by atoms with van der Waals surface area (Å²) in [7, 11) is -3.33. The normalized spacial score (nSPS) is 21.1. The Morgan fingerprint density at radius 3 is 2.44 bits per heavy atom. The maximum atomic E-state index is 14.0. The molecule has 1 N–H and O–H groups in total. The van der Waals surface area contributed by atoms with Crippen molar-refractivity contribution in [2.24, 2.45) is 0 Å². The van der Waals surface area contributed by atoms with Crippen LogP contribution in [0.3, 0.4) is 0 Å². The Kier molecular flexibility index (Phi) is 7.68. The quantitative estimate of drug-likeness (QED) is 0.577. The minimum Gasteiger partial charge on any atom is -0.489 e. The van der Waals surface area contributed by atoms with Crippen molar-refractivity contribution >= 4 is 15.7 Å². The van der Waals surface area contributed by atoms with Gasteiger partial charge in [-0.2, -0.15) is 5.26 Å². The fraction of sp³-hybridized carbons (Fsp3) is 0.458. The van der Waals surface area contributed by atoms with Gasteiger partial charge in [-0.1, -0.05) is 18.2 Å². The Morgan fingerprint density at radius 2 is 1.79 bits per heavy atom. The summed E-state index contributed by atoms with van der Waals surface area (Å²) in [4.78, 5) is 4.65. The van der Waals surface area contributed by atoms with E-state index in [1.807, 2.05) is 24.3 Å². The summed E-state index contributed by atoms with van der Waals surface area (Å²) < 4.78 is 51.6. The summed E-state index contributed by atoms with van der Waals surface area (Å²) in [6.45, 7) is 5.01. The van der Waals surface area contributed by atoms with Gasteiger partial charge in [0.25, 0.3) is 0 Å². The van der Waals surface area contributed by atoms with Crippen LogP contribution in [0.15, 0.2) is 42.5 Å². The smallest absolute Gasteiger partial charge is 0.229 e. The van der Waals surface area contributed by atoms with Crippen molar-refractivity contribution in [2.75, 3.05) is 56.9 Å². The van der Waals surface area contributed by atoms with Crippen molar-refractivity contribution in [3.63, 3.8) is 0 Å². The molecular weight excluding hydrogens is 459 g/mol. The third kappa shape index (κ3) is 6.67. The number of halogens is 1. The molecule has 2 aliphatic rings. The first-order chi connectivity index (χ1) is 16.3. The van der Waals surface area contributed by atoms with Crippen LogP contribution >= 0.6 is 0 Å². The van der Waals surface area contributed by atoms with Crippen LogP contribution in [-0.4, -0.2) is 82.6 Å². The minimum atomic E-state index is -3.33. The molecule has 2 saturated heterocycles. The monoisotopic (exact) mass is 488 g/mol. The molecule has 182 valence electrons. The first kappa shape index (κ1) is 24.4. The first-order valence-corrected chi connectivity index (χ1v) is 13.2. The van der Waals surface area contributed by atoms with E-state index in [9.17, 15) is 12.8 Å². The van der Waals surface area contributed by atoms with Gasteiger partial charge in [0.2, 0.25) is 10.0 Å². The number of morpholine rings is 2. The molecule has 2 atom stereocenters. The van der Waals surface area contributed by atoms with E-state index >= 15 is 0 Å². The summed E-state index contributed by atoms with van der Waals surface area (Å²) in [6.07, 6.45) is 2.07. The number of hydrogen-bond acceptors (Lipinski definition) is 7. The van der Waals surface area contributed by atoms with Gasteiger partial charge in [-0.3, -0.25) is 14.5 Å². The molecule has 10 heteroatoms. The Morgan fingerprint density at radius 1 is 1.12 bits per heavy atom. The zero-order valence-electron chi connectivity index (χ0n) is 19.1. The number of sulfonamides is 1. The average molecular weight is 489 g/mol. The van der Waals surface area contributed by atoms with Gasteiger partial charge in [0.05, 0.1) is 35.8 Å². The highest BCUT2D eigenvalue weighted by Crippen LogP contribution is 2.22. The summed E-state index contributed by atoms with van der Waals surface area (Å²) in [5.74, 6) is -0.369. The van der Waals surface area contributed by atoms with Crippen LogP contribution in [0.1, 0.15) is 11.1 Å². The van der Waals surface area contributed by atoms with Crippen LogP contribution in [0.5, 0.6) is 5.75 Å². The lowest BCUT2D eigenvalue weighted by Gasteiger charge is -2.45. The van der Waals surface area contributed by atoms with E-state index in [1.54, 1.807) is 12.1 Å². The molecule has 0 radical (unpaired) electrons. The molecule has 8 nitrogen and oxygen atoms in total. The molecule has 2 bridgehead atoms. The maximum absolute atomic E-state index is 14.0. The molecule has 34 heavy (non-hydrogen) atoms. The summed E-state index contributed by atoms with van der Waals surface area (Å²) in [5.41, 5.74) is 1.87. The standard InChI is InChI=1S/C24H29FN4O4S/c1-34(30,31)27-23-5-3-2-4-19(23)8-9-28-14-20-16-29(17-21(15-28)33-20)10-11-32-24-7-6-18(13-26)12-22(24)25/h2-7,12,20-21,27H,8-11,14-17H2,1H3. The predicted octanol–water partition coefficient (Wildman–Crippen LogP) is 2.08. The van der Waals surface area contributed by atoms with Gasteiger partial charge in [0.15, 0.2) is 11.6 Å². The fourth-order valence-corrected chi connectivity index (χ4v) is 5.11. The van der Waals surface area contributed by atoms with Gasteiger partial charge in [-0.15, -0.1) is 0 Å². The third-order valence-electron chi connectivity index (χ3n) is 5.97. The molecule has 2 unspecified atom stereocenters. The molecule has 0 aromatic heterocycles. The van der Waals surface area contributed by atoms with Gasteiger partial charge in [0, 0.05) is 39.3 Å². The average Bonchev–Trinajstić information content (AvgIpc) is 2.78. The van der Waals surface area contributed by atoms with Crippen LogP contribution in [0.2, 0.25) is 0 Å². The maximum Gasteiger partial charge on any atom is 0.229 e. The van der Waals surface area contributed by atoms with Crippen LogP contribution in [-0.2, 0) is 21.2 Å². The Balaban J connectivity index is 1.24. The van der Waals surface area contributed by atoms with E-state index in [0.29, 0.717) is 18.8 Å². The van der Waals surface area contributed by atoms with E-state index in [1.165, 1.54) is 12.1 Å². The summed E-state index contributed by atoms with van der Waals surface area (Å²) in [5, 5.41) is 8.84. The van der Waals surface area contributed by atoms with Crippen LogP contribution in [0, 0.1) is 17.1 Å². The van der Waals surface area contributed by atoms with E-state index in [2.05, 4.69) is 14.5 Å². The van der Waals surface area contributed by atoms with Crippen molar-refractivity contribution in [3.8, 4) is 11.8 Å². The van der Waals surface area contributed by atoms with E-state index in [4.69, 9.17) is 14.7 Å². The van der Waals surface area contributed by atoms with Gasteiger partial charge < -0.3 is 9.47 Å². The van der Waals surface area contributed by atoms with Gasteiger partial charge in [-0.05, 0) is 36.2 Å². The topological polar surface area (TPSA) is 94.9 Å². The second-order valence-electron chi connectivity index (χ2n) is 8.79. The molecule has 2 aromatic carbocycles. The van der Waals surface area contributed by atoms with Crippen LogP contribution in [0.4, 0.5) is 10.1 Å². The van der Waals surface area contributed by atoms with Crippen molar-refractivity contribution in [3.05, 3.63) is 59.4 Å². The number of benzene rings is 2. The highest BCUT2D eigenvalue weighted by molar-refractivity contribution is 7.92. The molecule has 2 fully saturated rings. The number of rotatable bonds is 9. The lowest BCUT2D eigenvalue weighted by Crippen LogP contribution is -2.60. The largest absolute Gasteiger partial charge is 0.489 e. The van der Waals surface area contributed by atoms with E-state index in [-0.39, 0.29) is 23.5 Å². The molecule has 4 rings (SSSR count). The Hall–Kier alpha value is -2.71. The summed E-state index contributed by atoms with van der Waals surface area (Å²) >= 11 is 0. The summed E-state index contributed by atoms with van der Waals surface area (Å²) in [6, 6.07) is 13.6. The van der Waals surface area contributed by atoms with Crippen LogP contribution in [0.25, 0.3) is 0 Å². The second-order valence-corrected chi connectivity index (χ2v) is 10.5. The number of hydrogen-bond donors (Lipinski definition) is 1. The molecule has 2 aliphatic heterocycles. The van der Waals surface area contributed by atoms with Crippen molar-refractivity contribution in [1.82, 2.24) is 9.80 Å². The number of ether oxygens (including phenoxy) is 2. The Labute approximate surface area is 199 Å². The molecule has 0 aliphatic carbocycles. The fourth-order valence-electron chi connectivity index (χ4n) is 4.51. The van der Waals surface area contributed by atoms with Crippen molar-refractivity contribution in [2.45, 2.75) is 18.6 Å². The van der Waals surface area contributed by atoms with Crippen molar-refractivity contribution in [1.29, 1.82) is 5.26 Å². The zero-order chi connectivity index (χ0) is 24.1. The molecular formula is C24H29FN4O4S. The lowest BCUT2D eigenvalue weighted by atomic mass is 10.1. The number of anilines is 1. The van der Waals surface area contributed by atoms with Gasteiger partial charge >= 0.3 is 0 Å². The first-order valence-electron chi connectivity index (χ1n) is 11.3. The lowest BCUT2D eigenvalue weighted by molar-refractivity contribution is -0.139. The minimum absolute atomic E-state index is 0.0866. The number of nitrogens with one attached hydrogen (secondary N) is 1. The molecule has 0 amide bonds. The van der Waals surface area contributed by atoms with E-state index < -0.39 is 15.8 Å². The van der Waals surface area contributed by atoms with Crippen LogP contribution < -0.4 is 9.46 Å². The Bertz CT molecular complexity index is 1140. The molecule has 0 spiro atoms. The second kappa shape index (κ2) is 10.7. The highest BCUT2D eigenvalue weighted by atomic mass is 32.2. The predicted molar refractivity (Wildman–Crippen MR) is 127 cm³/mol. The SMILES string of the molecule is CS(=O)(=O)Nc1ccccc1CCN1CC2CN(CCOc3ccc(C#N)cc3F)CC(C1)O2. The number of nitriles is 1. The zero-order valence-corrected chi connectivity index (χ0v) is 19.9. The molecule has 2 heterocycles. The third-order valence-corrected chi connectivity index (χ3v) is 6.56. The highest BCUT2D eigenvalue weighted by Gasteiger charge is 2.34. The number of fused-ring (bicyclic) bond motifs is 2. The molecule has 0 saturated carbocycles. The molecule has 2 aromatic rings.